The Bertz CT molecular complexity index is 992. The number of carbonyl (C=O) groups excluding carboxylic acids is 1. The number of benzene rings is 2. The molecule has 1 aromatic heterocycles. The van der Waals surface area contributed by atoms with E-state index in [4.69, 9.17) is 9.84 Å². The number of nitrogens with zero attached hydrogens (tertiary/aromatic N) is 3. The van der Waals surface area contributed by atoms with Crippen LogP contribution < -0.4 is 4.74 Å². The number of thioether (sulfide) groups is 1. The molecule has 0 aliphatic carbocycles. The first-order valence-corrected chi connectivity index (χ1v) is 10.4. The number of methoxy groups -OCH3 is 1. The summed E-state index contributed by atoms with van der Waals surface area (Å²) in [5.41, 5.74) is 3.00. The fraction of sp³-hybridized carbons (Fsp3) is 0.174. The van der Waals surface area contributed by atoms with Gasteiger partial charge < -0.3 is 4.74 Å². The van der Waals surface area contributed by atoms with E-state index in [0.29, 0.717) is 6.42 Å². The van der Waals surface area contributed by atoms with Gasteiger partial charge in [0.05, 0.1) is 29.6 Å². The summed E-state index contributed by atoms with van der Waals surface area (Å²) >= 11 is 1.42. The number of aromatic nitrogens is 1. The summed E-state index contributed by atoms with van der Waals surface area (Å²) in [5, 5.41) is 7.16. The average Bonchev–Trinajstić information content (AvgIpc) is 3.24. The number of ether oxygens (including phenoxy) is 1. The molecule has 0 spiro atoms. The zero-order valence-corrected chi connectivity index (χ0v) is 16.9. The number of hydrazone groups is 1. The van der Waals surface area contributed by atoms with Crippen LogP contribution in [0.1, 0.15) is 23.6 Å². The molecule has 4 rings (SSSR count). The van der Waals surface area contributed by atoms with Crippen LogP contribution in [0, 0.1) is 0 Å². The van der Waals surface area contributed by atoms with Crippen molar-refractivity contribution in [3.05, 3.63) is 90.1 Å². The molecule has 5 nitrogen and oxygen atoms in total. The Morgan fingerprint density at radius 3 is 2.52 bits per heavy atom. The fourth-order valence-electron chi connectivity index (χ4n) is 3.27. The van der Waals surface area contributed by atoms with Crippen LogP contribution in [0.15, 0.2) is 89.1 Å². The zero-order chi connectivity index (χ0) is 20.1. The SMILES string of the molecule is COc1ccc([C@@H]2CC(c3ccccc3)=NN2C(=O)CSc2ccccn2)cc1. The molecule has 0 bridgehead atoms. The molecule has 1 aliphatic rings. The third-order valence-corrected chi connectivity index (χ3v) is 5.68. The molecule has 0 saturated carbocycles. The van der Waals surface area contributed by atoms with Crippen molar-refractivity contribution in [2.45, 2.75) is 17.5 Å². The molecule has 0 saturated heterocycles. The molecule has 6 heteroatoms. The maximum absolute atomic E-state index is 13.0. The first-order chi connectivity index (χ1) is 14.2. The molecule has 3 aromatic rings. The third kappa shape index (κ3) is 4.49. The Morgan fingerprint density at radius 1 is 1.07 bits per heavy atom. The van der Waals surface area contributed by atoms with Gasteiger partial charge in [-0.15, -0.1) is 0 Å². The highest BCUT2D eigenvalue weighted by atomic mass is 32.2. The summed E-state index contributed by atoms with van der Waals surface area (Å²) in [4.78, 5) is 17.3. The van der Waals surface area contributed by atoms with E-state index in [1.54, 1.807) is 18.3 Å². The molecule has 1 atom stereocenters. The second-order valence-electron chi connectivity index (χ2n) is 6.60. The molecule has 0 unspecified atom stereocenters. The minimum atomic E-state index is -0.132. The summed E-state index contributed by atoms with van der Waals surface area (Å²) in [5.74, 6) is 1.04. The van der Waals surface area contributed by atoms with E-state index >= 15 is 0 Å². The Morgan fingerprint density at radius 2 is 1.83 bits per heavy atom. The van der Waals surface area contributed by atoms with E-state index in [-0.39, 0.29) is 17.7 Å². The number of pyridine rings is 1. The lowest BCUT2D eigenvalue weighted by Gasteiger charge is -2.22. The zero-order valence-electron chi connectivity index (χ0n) is 16.1. The first kappa shape index (κ1) is 19.2. The molecule has 29 heavy (non-hydrogen) atoms. The average molecular weight is 404 g/mol. The molecule has 0 fully saturated rings. The predicted molar refractivity (Wildman–Crippen MR) is 115 cm³/mol. The van der Waals surface area contributed by atoms with Gasteiger partial charge >= 0.3 is 0 Å². The van der Waals surface area contributed by atoms with E-state index in [2.05, 4.69) is 4.98 Å². The third-order valence-electron chi connectivity index (χ3n) is 4.75. The van der Waals surface area contributed by atoms with Crippen molar-refractivity contribution in [2.24, 2.45) is 5.10 Å². The van der Waals surface area contributed by atoms with Crippen molar-refractivity contribution in [3.63, 3.8) is 0 Å². The maximum Gasteiger partial charge on any atom is 0.253 e. The van der Waals surface area contributed by atoms with Gasteiger partial charge in [0.2, 0.25) is 0 Å². The van der Waals surface area contributed by atoms with Gasteiger partial charge in [-0.25, -0.2) is 9.99 Å². The lowest BCUT2D eigenvalue weighted by molar-refractivity contribution is -0.130. The van der Waals surface area contributed by atoms with Gasteiger partial charge in [0.1, 0.15) is 5.75 Å². The standard InChI is InChI=1S/C23H21N3O2S/c1-28-19-12-10-18(11-13-19)21-15-20(17-7-3-2-4-8-17)25-26(21)23(27)16-29-22-9-5-6-14-24-22/h2-14,21H,15-16H2,1H3/t21-/m0/s1. The minimum absolute atomic E-state index is 0.0348. The lowest BCUT2D eigenvalue weighted by Crippen LogP contribution is -2.28. The van der Waals surface area contributed by atoms with Crippen molar-refractivity contribution in [1.29, 1.82) is 0 Å². The molecule has 146 valence electrons. The summed E-state index contributed by atoms with van der Waals surface area (Å²) in [6.07, 6.45) is 2.41. The van der Waals surface area contributed by atoms with Crippen LogP contribution in [-0.4, -0.2) is 34.5 Å². The van der Waals surface area contributed by atoms with Gasteiger partial charge in [-0.2, -0.15) is 5.10 Å². The number of hydrogen-bond donors (Lipinski definition) is 0. The van der Waals surface area contributed by atoms with Gasteiger partial charge in [-0.05, 0) is 35.4 Å². The quantitative estimate of drug-likeness (QED) is 0.566. The Hall–Kier alpha value is -3.12. The van der Waals surface area contributed by atoms with E-state index < -0.39 is 0 Å². The summed E-state index contributed by atoms with van der Waals surface area (Å²) in [7, 11) is 1.64. The fourth-order valence-corrected chi connectivity index (χ4v) is 3.98. The molecule has 0 radical (unpaired) electrons. The van der Waals surface area contributed by atoms with Gasteiger partial charge in [0, 0.05) is 12.6 Å². The van der Waals surface area contributed by atoms with Crippen LogP contribution in [0.25, 0.3) is 0 Å². The largest absolute Gasteiger partial charge is 0.497 e. The Labute approximate surface area is 174 Å². The number of hydrogen-bond acceptors (Lipinski definition) is 5. The summed E-state index contributed by atoms with van der Waals surface area (Å²) < 4.78 is 5.26. The normalized spacial score (nSPS) is 15.8. The van der Waals surface area contributed by atoms with Crippen molar-refractivity contribution in [2.75, 3.05) is 12.9 Å². The van der Waals surface area contributed by atoms with Gasteiger partial charge in [0.25, 0.3) is 5.91 Å². The van der Waals surface area contributed by atoms with Gasteiger partial charge in [0.15, 0.2) is 0 Å². The van der Waals surface area contributed by atoms with Crippen molar-refractivity contribution < 1.29 is 9.53 Å². The van der Waals surface area contributed by atoms with Crippen molar-refractivity contribution in [3.8, 4) is 5.75 Å². The Kier molecular flexibility index (Phi) is 5.91. The van der Waals surface area contributed by atoms with Crippen LogP contribution >= 0.6 is 11.8 Å². The highest BCUT2D eigenvalue weighted by molar-refractivity contribution is 7.99. The van der Waals surface area contributed by atoms with E-state index in [9.17, 15) is 4.79 Å². The molecule has 2 heterocycles. The van der Waals surface area contributed by atoms with E-state index in [1.807, 2.05) is 72.8 Å². The van der Waals surface area contributed by atoms with Crippen LogP contribution in [-0.2, 0) is 4.79 Å². The Balaban J connectivity index is 1.57. The maximum atomic E-state index is 13.0. The first-order valence-electron chi connectivity index (χ1n) is 9.37. The second-order valence-corrected chi connectivity index (χ2v) is 7.60. The molecular formula is C23H21N3O2S. The predicted octanol–water partition coefficient (Wildman–Crippen LogP) is 4.56. The second kappa shape index (κ2) is 8.92. The highest BCUT2D eigenvalue weighted by Gasteiger charge is 2.33. The smallest absolute Gasteiger partial charge is 0.253 e. The van der Waals surface area contributed by atoms with E-state index in [1.165, 1.54) is 11.8 Å². The molecule has 1 amide bonds. The number of amides is 1. The summed E-state index contributed by atoms with van der Waals surface area (Å²) in [6, 6.07) is 23.4. The van der Waals surface area contributed by atoms with Crippen LogP contribution in [0.3, 0.4) is 0 Å². The molecule has 1 aliphatic heterocycles. The van der Waals surface area contributed by atoms with Gasteiger partial charge in [-0.3, -0.25) is 4.79 Å². The van der Waals surface area contributed by atoms with Crippen molar-refractivity contribution in [1.82, 2.24) is 9.99 Å². The molecule has 0 N–H and O–H groups in total. The topological polar surface area (TPSA) is 54.8 Å². The number of carbonyl (C=O) groups is 1. The van der Waals surface area contributed by atoms with Crippen LogP contribution in [0.4, 0.5) is 0 Å². The number of rotatable bonds is 6. The lowest BCUT2D eigenvalue weighted by atomic mass is 9.98. The van der Waals surface area contributed by atoms with Crippen LogP contribution in [0.5, 0.6) is 5.75 Å². The molecular weight excluding hydrogens is 382 g/mol. The minimum Gasteiger partial charge on any atom is -0.497 e. The van der Waals surface area contributed by atoms with Crippen molar-refractivity contribution >= 4 is 23.4 Å². The highest BCUT2D eigenvalue weighted by Crippen LogP contribution is 2.34. The monoisotopic (exact) mass is 403 g/mol. The van der Waals surface area contributed by atoms with E-state index in [0.717, 1.165) is 27.6 Å². The van der Waals surface area contributed by atoms with Gasteiger partial charge in [-0.1, -0.05) is 60.3 Å². The van der Waals surface area contributed by atoms with Crippen LogP contribution in [0.2, 0.25) is 0 Å². The summed E-state index contributed by atoms with van der Waals surface area (Å²) in [6.45, 7) is 0. The molecule has 2 aromatic carbocycles.